The van der Waals surface area contributed by atoms with Gasteiger partial charge in [-0.3, -0.25) is 9.59 Å². The van der Waals surface area contributed by atoms with Crippen LogP contribution in [0.25, 0.3) is 0 Å². The molecule has 6 nitrogen and oxygen atoms in total. The van der Waals surface area contributed by atoms with Gasteiger partial charge in [0.15, 0.2) is 0 Å². The third-order valence-corrected chi connectivity index (χ3v) is 3.85. The van der Waals surface area contributed by atoms with Gasteiger partial charge in [-0.2, -0.15) is 4.39 Å². The molecule has 9 heteroatoms. The number of hydrogen-bond acceptors (Lipinski definition) is 4. The van der Waals surface area contributed by atoms with Crippen LogP contribution in [0, 0.1) is 5.92 Å². The fourth-order valence-corrected chi connectivity index (χ4v) is 2.51. The van der Waals surface area contributed by atoms with Crippen LogP contribution in [0.2, 0.25) is 0 Å². The van der Waals surface area contributed by atoms with Crippen molar-refractivity contribution < 1.29 is 18.7 Å². The minimum Gasteiger partial charge on any atom is -0.442 e. The van der Waals surface area contributed by atoms with Crippen molar-refractivity contribution >= 4 is 62.8 Å². The molecule has 1 heterocycles. The number of alkyl halides is 3. The van der Waals surface area contributed by atoms with Crippen LogP contribution >= 0.6 is 45.2 Å². The van der Waals surface area contributed by atoms with Crippen LogP contribution in [0.3, 0.4) is 0 Å². The molecule has 144 valence electrons. The Hall–Kier alpha value is -1.50. The molecule has 0 aliphatic heterocycles. The Morgan fingerprint density at radius 1 is 1.22 bits per heavy atom. The summed E-state index contributed by atoms with van der Waals surface area (Å²) in [6.07, 6.45) is 1.47. The van der Waals surface area contributed by atoms with E-state index in [2.05, 4.69) is 15.6 Å². The minimum atomic E-state index is -1.81. The zero-order valence-electron chi connectivity index (χ0n) is 14.6. The molecule has 0 saturated carbocycles. The van der Waals surface area contributed by atoms with E-state index in [-0.39, 0.29) is 17.7 Å². The Morgan fingerprint density at radius 3 is 2.48 bits per heavy atom. The monoisotopic (exact) mass is 597 g/mol. The lowest BCUT2D eigenvalue weighted by Gasteiger charge is -2.13. The molecule has 0 fully saturated rings. The van der Waals surface area contributed by atoms with Crippen LogP contribution < -0.4 is 15.4 Å². The maximum Gasteiger partial charge on any atom is 0.350 e. The summed E-state index contributed by atoms with van der Waals surface area (Å²) in [7, 11) is 0. The van der Waals surface area contributed by atoms with E-state index in [0.29, 0.717) is 23.7 Å². The highest BCUT2D eigenvalue weighted by atomic mass is 127. The summed E-state index contributed by atoms with van der Waals surface area (Å²) >= 11 is 3.09. The average Bonchev–Trinajstić information content (AvgIpc) is 2.59. The van der Waals surface area contributed by atoms with E-state index in [1.807, 2.05) is 0 Å². The van der Waals surface area contributed by atoms with E-state index in [1.54, 1.807) is 89.4 Å². The second-order valence-corrected chi connectivity index (χ2v) is 10.8. The topological polar surface area (TPSA) is 80.3 Å². The molecule has 0 saturated heterocycles. The van der Waals surface area contributed by atoms with Gasteiger partial charge < -0.3 is 15.4 Å². The van der Waals surface area contributed by atoms with Crippen LogP contribution in [0.1, 0.15) is 29.8 Å². The summed E-state index contributed by atoms with van der Waals surface area (Å²) < 4.78 is 16.7. The molecular weight excluding hydrogens is 579 g/mol. The summed E-state index contributed by atoms with van der Waals surface area (Å²) in [4.78, 5) is 28.1. The lowest BCUT2D eigenvalue weighted by molar-refractivity contribution is -0.118. The second-order valence-electron chi connectivity index (χ2n) is 5.95. The standard InChI is InChI=1S/C18H18FI2N3O3/c1-11(2)16(25)24-15-9-13(7-8-22-15)17(26)23-10-12-3-5-14(6-4-12)27-18(19,20)21/h3-9,11H,10H2,1-2H3,(H,23,26)(H,22,24,25). The maximum absolute atomic E-state index is 13.4. The van der Waals surface area contributed by atoms with Gasteiger partial charge in [0.2, 0.25) is 5.91 Å². The van der Waals surface area contributed by atoms with Crippen molar-refractivity contribution in [2.45, 2.75) is 22.3 Å². The molecule has 0 spiro atoms. The number of ether oxygens (including phenoxy) is 1. The van der Waals surface area contributed by atoms with Crippen LogP contribution in [0.15, 0.2) is 42.6 Å². The highest BCUT2D eigenvalue weighted by molar-refractivity contribution is 14.2. The Kier molecular flexibility index (Phi) is 7.77. The van der Waals surface area contributed by atoms with E-state index in [9.17, 15) is 14.0 Å². The van der Waals surface area contributed by atoms with Gasteiger partial charge in [-0.05, 0) is 29.8 Å². The molecular formula is C18H18FI2N3O3. The number of carbonyl (C=O) groups excluding carboxylic acids is 2. The number of halogens is 3. The summed E-state index contributed by atoms with van der Waals surface area (Å²) in [5, 5.41) is 5.45. The summed E-state index contributed by atoms with van der Waals surface area (Å²) in [6.45, 7) is 3.84. The number of rotatable bonds is 7. The minimum absolute atomic E-state index is 0.169. The lowest BCUT2D eigenvalue weighted by Crippen LogP contribution is -2.23. The molecule has 27 heavy (non-hydrogen) atoms. The van der Waals surface area contributed by atoms with Crippen molar-refractivity contribution in [3.8, 4) is 5.75 Å². The summed E-state index contributed by atoms with van der Waals surface area (Å²) in [5.74, 6) is 0.0853. The van der Waals surface area contributed by atoms with Gasteiger partial charge in [-0.15, -0.1) is 0 Å². The number of nitrogens with one attached hydrogen (secondary N) is 2. The number of nitrogens with zero attached hydrogens (tertiary/aromatic N) is 1. The van der Waals surface area contributed by atoms with Gasteiger partial charge in [-0.25, -0.2) is 4.98 Å². The molecule has 0 aliphatic carbocycles. The Balaban J connectivity index is 1.94. The van der Waals surface area contributed by atoms with Crippen LogP contribution in [-0.2, 0) is 11.3 Å². The molecule has 0 aliphatic rings. The van der Waals surface area contributed by atoms with Gasteiger partial charge >= 0.3 is 1.87 Å². The van der Waals surface area contributed by atoms with E-state index in [4.69, 9.17) is 4.74 Å². The number of anilines is 1. The first kappa shape index (κ1) is 21.8. The molecule has 2 aromatic rings. The molecule has 2 N–H and O–H groups in total. The third-order valence-electron chi connectivity index (χ3n) is 3.41. The highest BCUT2D eigenvalue weighted by Gasteiger charge is 2.22. The Morgan fingerprint density at radius 2 is 1.89 bits per heavy atom. The third kappa shape index (κ3) is 7.56. The Bertz CT molecular complexity index is 808. The number of aromatic nitrogens is 1. The molecule has 2 rings (SSSR count). The molecule has 2 amide bonds. The zero-order valence-corrected chi connectivity index (χ0v) is 18.9. The van der Waals surface area contributed by atoms with E-state index in [0.717, 1.165) is 5.56 Å². The van der Waals surface area contributed by atoms with Gasteiger partial charge in [0, 0.05) is 69.4 Å². The van der Waals surface area contributed by atoms with E-state index >= 15 is 0 Å². The lowest BCUT2D eigenvalue weighted by atomic mass is 10.2. The van der Waals surface area contributed by atoms with Gasteiger partial charge in [0.05, 0.1) is 0 Å². The molecule has 0 atom stereocenters. The Labute approximate surface area is 183 Å². The SMILES string of the molecule is CC(C)C(=O)Nc1cc(C(=O)NCc2ccc(OC(F)(I)I)cc2)ccn1. The maximum atomic E-state index is 13.4. The number of carbonyl (C=O) groups is 2. The molecule has 1 aromatic carbocycles. The second kappa shape index (κ2) is 9.62. The predicted octanol–water partition coefficient (Wildman–Crippen LogP) is 4.44. The average molecular weight is 597 g/mol. The normalized spacial score (nSPS) is 11.2. The molecule has 1 aromatic heterocycles. The molecule has 0 unspecified atom stereocenters. The summed E-state index contributed by atoms with van der Waals surface area (Å²) in [6, 6.07) is 9.86. The van der Waals surface area contributed by atoms with Crippen molar-refractivity contribution in [2.75, 3.05) is 5.32 Å². The fourth-order valence-electron chi connectivity index (χ4n) is 2.00. The molecule has 0 bridgehead atoms. The first-order valence-electron chi connectivity index (χ1n) is 8.04. The zero-order chi connectivity index (χ0) is 20.0. The predicted molar refractivity (Wildman–Crippen MR) is 118 cm³/mol. The van der Waals surface area contributed by atoms with Crippen LogP contribution in [-0.4, -0.2) is 18.7 Å². The highest BCUT2D eigenvalue weighted by Crippen LogP contribution is 2.32. The van der Waals surface area contributed by atoms with Gasteiger partial charge in [0.1, 0.15) is 11.6 Å². The largest absolute Gasteiger partial charge is 0.442 e. The van der Waals surface area contributed by atoms with Gasteiger partial charge in [0.25, 0.3) is 5.91 Å². The smallest absolute Gasteiger partial charge is 0.350 e. The van der Waals surface area contributed by atoms with Gasteiger partial charge in [-0.1, -0.05) is 26.0 Å². The van der Waals surface area contributed by atoms with E-state index < -0.39 is 1.87 Å². The van der Waals surface area contributed by atoms with Crippen molar-refractivity contribution in [2.24, 2.45) is 5.92 Å². The van der Waals surface area contributed by atoms with Crippen LogP contribution in [0.4, 0.5) is 10.2 Å². The quantitative estimate of drug-likeness (QED) is 0.366. The summed E-state index contributed by atoms with van der Waals surface area (Å²) in [5.41, 5.74) is 1.23. The first-order valence-corrected chi connectivity index (χ1v) is 10.2. The van der Waals surface area contributed by atoms with E-state index in [1.165, 1.54) is 12.3 Å². The number of benzene rings is 1. The number of hydrogen-bond donors (Lipinski definition) is 2. The van der Waals surface area contributed by atoms with Crippen molar-refractivity contribution in [3.05, 3.63) is 53.7 Å². The first-order chi connectivity index (χ1) is 12.6. The van der Waals surface area contributed by atoms with Crippen molar-refractivity contribution in [1.29, 1.82) is 0 Å². The van der Waals surface area contributed by atoms with Crippen molar-refractivity contribution in [3.63, 3.8) is 0 Å². The number of amides is 2. The van der Waals surface area contributed by atoms with Crippen molar-refractivity contribution in [1.82, 2.24) is 10.3 Å². The van der Waals surface area contributed by atoms with Crippen LogP contribution in [0.5, 0.6) is 5.75 Å². The number of pyridine rings is 1. The fraction of sp³-hybridized carbons (Fsp3) is 0.278. The molecule has 0 radical (unpaired) electrons.